The molecule has 0 heterocycles. The van der Waals surface area contributed by atoms with Gasteiger partial charge >= 0.3 is 0 Å². The molecule has 0 aliphatic carbocycles. The van der Waals surface area contributed by atoms with Crippen molar-refractivity contribution in [2.75, 3.05) is 6.54 Å². The summed E-state index contributed by atoms with van der Waals surface area (Å²) < 4.78 is 20.2. The van der Waals surface area contributed by atoms with Gasteiger partial charge in [-0.2, -0.15) is 0 Å². The van der Waals surface area contributed by atoms with Crippen molar-refractivity contribution in [1.82, 2.24) is 5.32 Å². The summed E-state index contributed by atoms with van der Waals surface area (Å²) in [6.45, 7) is 3.44. The largest absolute Gasteiger partial charge is 0.457 e. The fraction of sp³-hybridized carbons (Fsp3) is 0.200. The summed E-state index contributed by atoms with van der Waals surface area (Å²) in [6.07, 6.45) is 0. The molecule has 2 rings (SSSR count). The van der Waals surface area contributed by atoms with E-state index in [4.69, 9.17) is 4.74 Å². The molecule has 2 aromatic rings. The smallest absolute Gasteiger partial charge is 0.132 e. The Kier molecular flexibility index (Phi) is 5.15. The maximum Gasteiger partial charge on any atom is 0.132 e. The van der Waals surface area contributed by atoms with Crippen LogP contribution in [0.5, 0.6) is 11.5 Å². The average Bonchev–Trinajstić information content (AvgIpc) is 2.39. The van der Waals surface area contributed by atoms with E-state index < -0.39 is 0 Å². The first kappa shape index (κ1) is 14.3. The highest BCUT2D eigenvalue weighted by molar-refractivity contribution is 14.1. The van der Waals surface area contributed by atoms with Crippen molar-refractivity contribution in [3.63, 3.8) is 0 Å². The SMILES string of the molecule is CCNCc1cc(F)ccc1Oc1cccc(I)c1. The lowest BCUT2D eigenvalue weighted by atomic mass is 10.2. The van der Waals surface area contributed by atoms with Gasteiger partial charge in [0.1, 0.15) is 17.3 Å². The zero-order valence-corrected chi connectivity index (χ0v) is 12.8. The predicted molar refractivity (Wildman–Crippen MR) is 83.0 cm³/mol. The first-order chi connectivity index (χ1) is 9.19. The van der Waals surface area contributed by atoms with Gasteiger partial charge in [0.25, 0.3) is 0 Å². The molecule has 2 aromatic carbocycles. The minimum Gasteiger partial charge on any atom is -0.457 e. The molecule has 0 radical (unpaired) electrons. The average molecular weight is 371 g/mol. The quantitative estimate of drug-likeness (QED) is 0.790. The predicted octanol–water partition coefficient (Wildman–Crippen LogP) is 4.33. The normalized spacial score (nSPS) is 10.5. The van der Waals surface area contributed by atoms with Crippen molar-refractivity contribution in [3.8, 4) is 11.5 Å². The molecule has 0 amide bonds. The Hall–Kier alpha value is -1.14. The van der Waals surface area contributed by atoms with E-state index in [9.17, 15) is 4.39 Å². The molecule has 0 atom stereocenters. The number of ether oxygens (including phenoxy) is 1. The molecular formula is C15H15FINO. The van der Waals surface area contributed by atoms with Gasteiger partial charge in [-0.05, 0) is 65.5 Å². The van der Waals surface area contributed by atoms with Crippen LogP contribution in [-0.2, 0) is 6.54 Å². The second-order valence-electron chi connectivity index (χ2n) is 4.09. The number of halogens is 2. The second-order valence-corrected chi connectivity index (χ2v) is 5.34. The van der Waals surface area contributed by atoms with Crippen LogP contribution >= 0.6 is 22.6 Å². The van der Waals surface area contributed by atoms with Crippen LogP contribution in [0.1, 0.15) is 12.5 Å². The number of rotatable bonds is 5. The van der Waals surface area contributed by atoms with Gasteiger partial charge in [-0.25, -0.2) is 4.39 Å². The third-order valence-electron chi connectivity index (χ3n) is 2.61. The van der Waals surface area contributed by atoms with E-state index in [2.05, 4.69) is 27.9 Å². The third-order valence-corrected chi connectivity index (χ3v) is 3.28. The minimum atomic E-state index is -0.247. The standard InChI is InChI=1S/C15H15FINO/c1-2-18-10-11-8-12(16)6-7-15(11)19-14-5-3-4-13(17)9-14/h3-9,18H,2,10H2,1H3. The van der Waals surface area contributed by atoms with Gasteiger partial charge in [0.05, 0.1) is 0 Å². The summed E-state index contributed by atoms with van der Waals surface area (Å²) >= 11 is 2.23. The molecule has 0 saturated heterocycles. The molecule has 4 heteroatoms. The van der Waals surface area contributed by atoms with Gasteiger partial charge in [-0.3, -0.25) is 0 Å². The number of benzene rings is 2. The lowest BCUT2D eigenvalue weighted by Crippen LogP contribution is -2.12. The minimum absolute atomic E-state index is 0.247. The van der Waals surface area contributed by atoms with Crippen molar-refractivity contribution >= 4 is 22.6 Å². The van der Waals surface area contributed by atoms with Crippen LogP contribution in [0, 0.1) is 9.39 Å². The van der Waals surface area contributed by atoms with Crippen molar-refractivity contribution < 1.29 is 9.13 Å². The number of hydrogen-bond donors (Lipinski definition) is 1. The molecule has 0 spiro atoms. The Bertz CT molecular complexity index is 560. The fourth-order valence-electron chi connectivity index (χ4n) is 1.70. The second kappa shape index (κ2) is 6.86. The molecule has 0 aliphatic rings. The Balaban J connectivity index is 2.23. The van der Waals surface area contributed by atoms with E-state index in [1.165, 1.54) is 12.1 Å². The summed E-state index contributed by atoms with van der Waals surface area (Å²) in [5.74, 6) is 1.20. The summed E-state index contributed by atoms with van der Waals surface area (Å²) in [5.41, 5.74) is 0.820. The van der Waals surface area contributed by atoms with Crippen LogP contribution in [-0.4, -0.2) is 6.54 Å². The molecule has 100 valence electrons. The lowest BCUT2D eigenvalue weighted by molar-refractivity contribution is 0.470. The molecule has 19 heavy (non-hydrogen) atoms. The highest BCUT2D eigenvalue weighted by Gasteiger charge is 2.06. The maximum absolute atomic E-state index is 13.3. The highest BCUT2D eigenvalue weighted by atomic mass is 127. The van der Waals surface area contributed by atoms with Gasteiger partial charge in [-0.15, -0.1) is 0 Å². The Morgan fingerprint density at radius 1 is 1.21 bits per heavy atom. The monoisotopic (exact) mass is 371 g/mol. The molecule has 0 fully saturated rings. The Morgan fingerprint density at radius 2 is 2.05 bits per heavy atom. The molecule has 0 unspecified atom stereocenters. The summed E-state index contributed by atoms with van der Waals surface area (Å²) in [6, 6.07) is 12.4. The van der Waals surface area contributed by atoms with Gasteiger partial charge in [0.2, 0.25) is 0 Å². The maximum atomic E-state index is 13.3. The van der Waals surface area contributed by atoms with E-state index in [0.29, 0.717) is 12.3 Å². The molecule has 0 aromatic heterocycles. The van der Waals surface area contributed by atoms with Crippen molar-refractivity contribution in [3.05, 3.63) is 57.4 Å². The Morgan fingerprint density at radius 3 is 2.79 bits per heavy atom. The highest BCUT2D eigenvalue weighted by Crippen LogP contribution is 2.27. The Labute approximate surface area is 126 Å². The fourth-order valence-corrected chi connectivity index (χ4v) is 2.22. The summed E-state index contributed by atoms with van der Waals surface area (Å²) in [7, 11) is 0. The van der Waals surface area contributed by atoms with Crippen molar-refractivity contribution in [2.24, 2.45) is 0 Å². The van der Waals surface area contributed by atoms with Crippen molar-refractivity contribution in [2.45, 2.75) is 13.5 Å². The molecule has 0 aliphatic heterocycles. The van der Waals surface area contributed by atoms with E-state index >= 15 is 0 Å². The molecule has 1 N–H and O–H groups in total. The van der Waals surface area contributed by atoms with Crippen LogP contribution < -0.4 is 10.1 Å². The summed E-state index contributed by atoms with van der Waals surface area (Å²) in [4.78, 5) is 0. The van der Waals surface area contributed by atoms with Gasteiger partial charge < -0.3 is 10.1 Å². The van der Waals surface area contributed by atoms with Crippen molar-refractivity contribution in [1.29, 1.82) is 0 Å². The summed E-state index contributed by atoms with van der Waals surface area (Å²) in [5, 5.41) is 3.18. The lowest BCUT2D eigenvalue weighted by Gasteiger charge is -2.12. The van der Waals surface area contributed by atoms with Gasteiger partial charge in [0.15, 0.2) is 0 Å². The van der Waals surface area contributed by atoms with E-state index in [1.807, 2.05) is 31.2 Å². The van der Waals surface area contributed by atoms with Crippen LogP contribution in [0.3, 0.4) is 0 Å². The first-order valence-corrected chi connectivity index (χ1v) is 7.19. The molecular weight excluding hydrogens is 356 g/mol. The van der Waals surface area contributed by atoms with E-state index in [-0.39, 0.29) is 5.82 Å². The third kappa shape index (κ3) is 4.18. The zero-order valence-electron chi connectivity index (χ0n) is 10.6. The van der Waals surface area contributed by atoms with E-state index in [0.717, 1.165) is 21.4 Å². The zero-order chi connectivity index (χ0) is 13.7. The number of hydrogen-bond acceptors (Lipinski definition) is 2. The van der Waals surface area contributed by atoms with E-state index in [1.54, 1.807) is 6.07 Å². The molecule has 0 saturated carbocycles. The topological polar surface area (TPSA) is 21.3 Å². The van der Waals surface area contributed by atoms with Crippen LogP contribution in [0.4, 0.5) is 4.39 Å². The van der Waals surface area contributed by atoms with Crippen LogP contribution in [0.25, 0.3) is 0 Å². The van der Waals surface area contributed by atoms with Gasteiger partial charge in [0, 0.05) is 15.7 Å². The molecule has 0 bridgehead atoms. The first-order valence-electron chi connectivity index (χ1n) is 6.11. The molecule has 2 nitrogen and oxygen atoms in total. The van der Waals surface area contributed by atoms with Gasteiger partial charge in [-0.1, -0.05) is 13.0 Å². The number of nitrogens with one attached hydrogen (secondary N) is 1. The van der Waals surface area contributed by atoms with Crippen LogP contribution in [0.15, 0.2) is 42.5 Å². The van der Waals surface area contributed by atoms with Crippen LogP contribution in [0.2, 0.25) is 0 Å².